The van der Waals surface area contributed by atoms with E-state index in [9.17, 15) is 14.7 Å². The fourth-order valence-electron chi connectivity index (χ4n) is 7.45. The van der Waals surface area contributed by atoms with Gasteiger partial charge in [-0.15, -0.1) is 0 Å². The lowest BCUT2D eigenvalue weighted by Gasteiger charge is -2.23. The molecule has 0 spiro atoms. The lowest BCUT2D eigenvalue weighted by atomic mass is 9.98. The zero-order chi connectivity index (χ0) is 38.9. The molecule has 0 fully saturated rings. The summed E-state index contributed by atoms with van der Waals surface area (Å²) in [5, 5.41) is 9.31. The average Bonchev–Trinajstić information content (AvgIpc) is 3.14. The first-order chi connectivity index (χ1) is 26.0. The number of rotatable bonds is 43. The zero-order valence-electron chi connectivity index (χ0n) is 36.3. The Morgan fingerprint density at radius 1 is 0.472 bits per heavy atom. The summed E-state index contributed by atoms with van der Waals surface area (Å²) in [4.78, 5) is 27.5. The highest BCUT2D eigenvalue weighted by Gasteiger charge is 2.15. The van der Waals surface area contributed by atoms with Crippen molar-refractivity contribution in [2.24, 2.45) is 5.92 Å². The van der Waals surface area contributed by atoms with Crippen molar-refractivity contribution < 1.29 is 24.2 Å². The first-order valence-corrected chi connectivity index (χ1v) is 23.6. The average molecular weight is 752 g/mol. The first-order valence-electron chi connectivity index (χ1n) is 23.6. The van der Waals surface area contributed by atoms with E-state index in [4.69, 9.17) is 9.47 Å². The van der Waals surface area contributed by atoms with E-state index in [2.05, 4.69) is 32.6 Å². The van der Waals surface area contributed by atoms with E-state index in [-0.39, 0.29) is 24.6 Å². The number of carbonyl (C=O) groups excluding carboxylic acids is 2. The van der Waals surface area contributed by atoms with E-state index in [1.54, 1.807) is 0 Å². The predicted octanol–water partition coefficient (Wildman–Crippen LogP) is 13.7. The van der Waals surface area contributed by atoms with Gasteiger partial charge in [-0.2, -0.15) is 0 Å². The van der Waals surface area contributed by atoms with Gasteiger partial charge in [0.25, 0.3) is 0 Å². The number of hydrogen-bond donors (Lipinski definition) is 1. The molecule has 6 nitrogen and oxygen atoms in total. The third kappa shape index (κ3) is 38.9. The van der Waals surface area contributed by atoms with Crippen LogP contribution >= 0.6 is 0 Å². The summed E-state index contributed by atoms with van der Waals surface area (Å²) in [7, 11) is 0. The molecule has 0 aliphatic carbocycles. The number of aliphatic hydroxyl groups excluding tert-OH is 1. The summed E-state index contributed by atoms with van der Waals surface area (Å²) < 4.78 is 11.5. The largest absolute Gasteiger partial charge is 0.466 e. The van der Waals surface area contributed by atoms with Crippen LogP contribution < -0.4 is 0 Å². The maximum absolute atomic E-state index is 12.8. The molecule has 0 saturated carbocycles. The zero-order valence-corrected chi connectivity index (χ0v) is 36.3. The smallest absolute Gasteiger partial charge is 0.306 e. The van der Waals surface area contributed by atoms with Gasteiger partial charge in [0, 0.05) is 19.4 Å². The summed E-state index contributed by atoms with van der Waals surface area (Å²) >= 11 is 0. The van der Waals surface area contributed by atoms with Gasteiger partial charge in [-0.3, -0.25) is 9.59 Å². The number of hydrogen-bond acceptors (Lipinski definition) is 6. The Balaban J connectivity index is 4.22. The molecule has 0 bridgehead atoms. The third-order valence-corrected chi connectivity index (χ3v) is 11.1. The predicted molar refractivity (Wildman–Crippen MR) is 228 cm³/mol. The van der Waals surface area contributed by atoms with Crippen LogP contribution in [0.1, 0.15) is 246 Å². The number of aliphatic hydroxyl groups is 1. The molecule has 0 aliphatic heterocycles. The van der Waals surface area contributed by atoms with Gasteiger partial charge < -0.3 is 19.5 Å². The Bertz CT molecular complexity index is 745. The van der Waals surface area contributed by atoms with Crippen LogP contribution in [0.25, 0.3) is 0 Å². The topological polar surface area (TPSA) is 76.1 Å². The Hall–Kier alpha value is -1.14. The molecule has 0 rings (SSSR count). The molecule has 0 aromatic rings. The molecule has 1 unspecified atom stereocenters. The number of esters is 2. The summed E-state index contributed by atoms with van der Waals surface area (Å²) in [5.41, 5.74) is 0. The molecule has 0 aliphatic rings. The van der Waals surface area contributed by atoms with Crippen molar-refractivity contribution in [1.82, 2.24) is 4.90 Å². The second kappa shape index (κ2) is 42.0. The van der Waals surface area contributed by atoms with Crippen molar-refractivity contribution >= 4 is 11.9 Å². The van der Waals surface area contributed by atoms with Crippen LogP contribution in [0, 0.1) is 5.92 Å². The van der Waals surface area contributed by atoms with Crippen molar-refractivity contribution in [2.75, 3.05) is 32.8 Å². The molecule has 0 aromatic heterocycles. The van der Waals surface area contributed by atoms with E-state index in [1.165, 1.54) is 148 Å². The van der Waals surface area contributed by atoms with E-state index in [0.29, 0.717) is 25.4 Å². The minimum Gasteiger partial charge on any atom is -0.466 e. The molecular weight excluding hydrogens is 659 g/mol. The van der Waals surface area contributed by atoms with Crippen LogP contribution in [0.3, 0.4) is 0 Å². The number of carbonyl (C=O) groups is 2. The Labute approximate surface area is 331 Å². The van der Waals surface area contributed by atoms with Crippen LogP contribution in [0.15, 0.2) is 0 Å². The maximum Gasteiger partial charge on any atom is 0.306 e. The number of nitrogens with zero attached hydrogens (tertiary/aromatic N) is 1. The molecule has 316 valence electrons. The molecule has 6 heteroatoms. The molecule has 0 heterocycles. The van der Waals surface area contributed by atoms with Crippen LogP contribution in [-0.4, -0.2) is 60.9 Å². The van der Waals surface area contributed by atoms with Crippen molar-refractivity contribution in [2.45, 2.75) is 252 Å². The van der Waals surface area contributed by atoms with Gasteiger partial charge in [0.1, 0.15) is 6.10 Å². The quantitative estimate of drug-likeness (QED) is 0.0494. The van der Waals surface area contributed by atoms with E-state index in [0.717, 1.165) is 77.4 Å². The maximum atomic E-state index is 12.8. The lowest BCUT2D eigenvalue weighted by molar-refractivity contribution is -0.150. The fraction of sp³-hybridized carbons (Fsp3) is 0.957. The SMILES string of the molecule is CCCCCCCCCOC(=O)CCCCCCCN(CCCCO)CCCC(C)CCCC(=O)OC(CCCCCCCC)CCCCCCCC. The number of unbranched alkanes of at least 4 members (excludes halogenated alkanes) is 21. The summed E-state index contributed by atoms with van der Waals surface area (Å²) in [5.74, 6) is 0.616. The van der Waals surface area contributed by atoms with Gasteiger partial charge >= 0.3 is 11.9 Å². The first kappa shape index (κ1) is 51.9. The van der Waals surface area contributed by atoms with Gasteiger partial charge in [-0.25, -0.2) is 0 Å². The molecule has 0 amide bonds. The number of ether oxygens (including phenoxy) is 2. The van der Waals surface area contributed by atoms with Crippen molar-refractivity contribution in [3.63, 3.8) is 0 Å². The minimum absolute atomic E-state index is 0.0213. The van der Waals surface area contributed by atoms with Crippen molar-refractivity contribution in [3.8, 4) is 0 Å². The van der Waals surface area contributed by atoms with Gasteiger partial charge in [-0.1, -0.05) is 156 Å². The van der Waals surface area contributed by atoms with Gasteiger partial charge in [0.05, 0.1) is 6.61 Å². The van der Waals surface area contributed by atoms with Crippen LogP contribution in [0.2, 0.25) is 0 Å². The highest BCUT2D eigenvalue weighted by atomic mass is 16.5. The third-order valence-electron chi connectivity index (χ3n) is 11.1. The van der Waals surface area contributed by atoms with E-state index >= 15 is 0 Å². The highest BCUT2D eigenvalue weighted by molar-refractivity contribution is 5.69. The fourth-order valence-corrected chi connectivity index (χ4v) is 7.45. The lowest BCUT2D eigenvalue weighted by Crippen LogP contribution is -2.27. The van der Waals surface area contributed by atoms with E-state index in [1.807, 2.05) is 0 Å². The van der Waals surface area contributed by atoms with Gasteiger partial charge in [0.15, 0.2) is 0 Å². The second-order valence-corrected chi connectivity index (χ2v) is 16.5. The normalized spacial score (nSPS) is 12.2. The van der Waals surface area contributed by atoms with Crippen molar-refractivity contribution in [3.05, 3.63) is 0 Å². The Morgan fingerprint density at radius 3 is 1.47 bits per heavy atom. The molecule has 1 atom stereocenters. The van der Waals surface area contributed by atoms with E-state index < -0.39 is 0 Å². The Kier molecular flexibility index (Phi) is 41.1. The monoisotopic (exact) mass is 752 g/mol. The summed E-state index contributed by atoms with van der Waals surface area (Å²) in [6, 6.07) is 0. The summed E-state index contributed by atoms with van der Waals surface area (Å²) in [6.07, 6.45) is 39.3. The van der Waals surface area contributed by atoms with Crippen LogP contribution in [0.5, 0.6) is 0 Å². The Morgan fingerprint density at radius 2 is 0.906 bits per heavy atom. The summed E-state index contributed by atoms with van der Waals surface area (Å²) in [6.45, 7) is 13.3. The van der Waals surface area contributed by atoms with Crippen molar-refractivity contribution in [1.29, 1.82) is 0 Å². The van der Waals surface area contributed by atoms with Crippen LogP contribution in [-0.2, 0) is 19.1 Å². The molecule has 0 aromatic carbocycles. The second-order valence-electron chi connectivity index (χ2n) is 16.5. The van der Waals surface area contributed by atoms with Gasteiger partial charge in [-0.05, 0) is 103 Å². The standard InChI is InChI=1S/C47H93NO5/c1-5-8-11-14-17-23-30-43-52-46(50)37-26-21-18-22-27-39-48(40-28-29-42-49)41-32-34-44(4)33-31-38-47(51)53-45(35-24-19-15-12-9-6-2)36-25-20-16-13-10-7-3/h44-45,49H,5-43H2,1-4H3. The molecular formula is C47H93NO5. The molecule has 53 heavy (non-hydrogen) atoms. The highest BCUT2D eigenvalue weighted by Crippen LogP contribution is 2.20. The molecule has 0 saturated heterocycles. The van der Waals surface area contributed by atoms with Gasteiger partial charge in [0.2, 0.25) is 0 Å². The van der Waals surface area contributed by atoms with Crippen LogP contribution in [0.4, 0.5) is 0 Å². The minimum atomic E-state index is -0.0218. The molecule has 1 N–H and O–H groups in total. The molecule has 0 radical (unpaired) electrons.